The largest absolute Gasteiger partial charge is 0.307 e. The molecule has 8 rings (SSSR count). The molecule has 0 amide bonds. The minimum absolute atomic E-state index is 0.00620. The number of rotatable bonds is 2. The summed E-state index contributed by atoms with van der Waals surface area (Å²) < 4.78 is 8.68. The van der Waals surface area contributed by atoms with Crippen LogP contribution < -0.4 is 0 Å². The van der Waals surface area contributed by atoms with E-state index in [1.54, 1.807) is 0 Å². The number of fused-ring (bicyclic) bond motifs is 7. The van der Waals surface area contributed by atoms with Crippen LogP contribution in [0.15, 0.2) is 94.1 Å². The molecule has 1 unspecified atom stereocenters. The summed E-state index contributed by atoms with van der Waals surface area (Å²) in [6.45, 7) is 2.22. The number of halogens is 2. The summed E-state index contributed by atoms with van der Waals surface area (Å²) in [5, 5.41) is 9.55. The van der Waals surface area contributed by atoms with Crippen molar-refractivity contribution in [3.05, 3.63) is 94.1 Å². The van der Waals surface area contributed by atoms with Gasteiger partial charge in [0.25, 0.3) is 0 Å². The third kappa shape index (κ3) is 3.32. The number of thiophene rings is 2. The van der Waals surface area contributed by atoms with E-state index in [0.29, 0.717) is 0 Å². The Labute approximate surface area is 238 Å². The maximum atomic E-state index is 3.87. The zero-order valence-electron chi connectivity index (χ0n) is 19.8. The van der Waals surface area contributed by atoms with E-state index in [-0.39, 0.29) is 4.32 Å². The van der Waals surface area contributed by atoms with Crippen LogP contribution in [0, 0.1) is 0 Å². The topological polar surface area (TPSA) is 9.86 Å². The van der Waals surface area contributed by atoms with Crippen molar-refractivity contribution in [1.82, 2.24) is 9.13 Å². The van der Waals surface area contributed by atoms with Crippen molar-refractivity contribution in [2.24, 2.45) is 0 Å². The van der Waals surface area contributed by atoms with Gasteiger partial charge in [0, 0.05) is 40.4 Å². The van der Waals surface area contributed by atoms with Gasteiger partial charge in [-0.05, 0) is 102 Å². The van der Waals surface area contributed by atoms with Crippen LogP contribution in [0.3, 0.4) is 0 Å². The van der Waals surface area contributed by atoms with E-state index in [0.717, 1.165) is 10.9 Å². The Bertz CT molecular complexity index is 2080. The number of hydrogen-bond donors (Lipinski definition) is 0. The molecule has 0 aliphatic heterocycles. The first-order chi connectivity index (χ1) is 18.0. The SMILES string of the molecule is CC1(Br)C=CC(n2c3cc4ccsc4cc3c3c2c2cc4sccc4cc2n3-c2ccc(Br)cc2)=CC1. The van der Waals surface area contributed by atoms with E-state index < -0.39 is 0 Å². The highest BCUT2D eigenvalue weighted by molar-refractivity contribution is 9.10. The van der Waals surface area contributed by atoms with E-state index in [1.807, 2.05) is 22.7 Å². The summed E-state index contributed by atoms with van der Waals surface area (Å²) in [5.41, 5.74) is 7.43. The molecule has 0 radical (unpaired) electrons. The molecule has 4 heterocycles. The number of hydrogen-bond acceptors (Lipinski definition) is 2. The molecule has 0 bridgehead atoms. The number of aromatic nitrogens is 2. The average Bonchev–Trinajstić information content (AvgIpc) is 3.65. The Morgan fingerprint density at radius 2 is 1.38 bits per heavy atom. The van der Waals surface area contributed by atoms with Crippen molar-refractivity contribution in [2.45, 2.75) is 17.7 Å². The predicted octanol–water partition coefficient (Wildman–Crippen LogP) is 10.9. The Morgan fingerprint density at radius 3 is 1.97 bits per heavy atom. The summed E-state index contributed by atoms with van der Waals surface area (Å²) in [6.07, 6.45) is 7.88. The van der Waals surface area contributed by atoms with Crippen molar-refractivity contribution < 1.29 is 0 Å². The first kappa shape index (κ1) is 22.4. The second kappa shape index (κ2) is 7.93. The van der Waals surface area contributed by atoms with Gasteiger partial charge in [0.15, 0.2) is 0 Å². The van der Waals surface area contributed by atoms with Crippen LogP contribution >= 0.6 is 54.5 Å². The summed E-state index contributed by atoms with van der Waals surface area (Å²) >= 11 is 11.1. The molecule has 0 spiro atoms. The molecule has 1 aliphatic carbocycles. The van der Waals surface area contributed by atoms with Gasteiger partial charge < -0.3 is 9.13 Å². The molecule has 0 fully saturated rings. The standard InChI is InChI=1S/C31H20Br2N2S2/c1-31(33)10-6-22(7-11-31)35-26-15-19-9-13-37-28(19)17-24(26)29-30(35)23-16-27-18(8-12-36-27)14-25(23)34(29)21-4-2-20(32)3-5-21/h2-10,12-17H,11H2,1H3. The highest BCUT2D eigenvalue weighted by Gasteiger charge is 2.26. The lowest BCUT2D eigenvalue weighted by Crippen LogP contribution is -2.14. The maximum absolute atomic E-state index is 3.87. The number of benzene rings is 3. The molecule has 0 saturated carbocycles. The third-order valence-electron chi connectivity index (χ3n) is 7.46. The quantitative estimate of drug-likeness (QED) is 0.166. The summed E-state index contributed by atoms with van der Waals surface area (Å²) in [5.74, 6) is 0. The molecule has 4 aromatic heterocycles. The van der Waals surface area contributed by atoms with E-state index in [2.05, 4.69) is 138 Å². The molecule has 2 nitrogen and oxygen atoms in total. The van der Waals surface area contributed by atoms with Gasteiger partial charge >= 0.3 is 0 Å². The zero-order chi connectivity index (χ0) is 24.9. The molecular formula is C31H20Br2N2S2. The van der Waals surface area contributed by atoms with Crippen LogP contribution in [0.4, 0.5) is 0 Å². The summed E-state index contributed by atoms with van der Waals surface area (Å²) in [4.78, 5) is 0. The van der Waals surface area contributed by atoms with E-state index in [4.69, 9.17) is 0 Å². The van der Waals surface area contributed by atoms with Gasteiger partial charge in [-0.2, -0.15) is 0 Å². The van der Waals surface area contributed by atoms with Crippen LogP contribution in [0.5, 0.6) is 0 Å². The smallest absolute Gasteiger partial charge is 0.0804 e. The van der Waals surface area contributed by atoms with Gasteiger partial charge in [-0.1, -0.05) is 44.0 Å². The number of alkyl halides is 1. The van der Waals surface area contributed by atoms with Gasteiger partial charge in [0.05, 0.1) is 22.1 Å². The van der Waals surface area contributed by atoms with Crippen molar-refractivity contribution >= 4 is 113 Å². The molecule has 7 aromatic rings. The van der Waals surface area contributed by atoms with Crippen molar-refractivity contribution in [3.63, 3.8) is 0 Å². The van der Waals surface area contributed by atoms with E-state index >= 15 is 0 Å². The van der Waals surface area contributed by atoms with Gasteiger partial charge in [-0.25, -0.2) is 0 Å². The minimum Gasteiger partial charge on any atom is -0.307 e. The van der Waals surface area contributed by atoms with Crippen LogP contribution in [0.25, 0.3) is 64.4 Å². The molecule has 180 valence electrons. The molecule has 1 atom stereocenters. The Balaban J connectivity index is 1.61. The van der Waals surface area contributed by atoms with Crippen LogP contribution in [0.2, 0.25) is 0 Å². The van der Waals surface area contributed by atoms with Crippen LogP contribution in [-0.4, -0.2) is 13.5 Å². The lowest BCUT2D eigenvalue weighted by atomic mass is 10.0. The Kier molecular flexibility index (Phi) is 4.79. The molecule has 1 aliphatic rings. The second-order valence-corrected chi connectivity index (χ2v) is 14.6. The number of nitrogens with zero attached hydrogens (tertiary/aromatic N) is 2. The van der Waals surface area contributed by atoms with Gasteiger partial charge in [-0.3, -0.25) is 0 Å². The highest BCUT2D eigenvalue weighted by atomic mass is 79.9. The molecule has 3 aromatic carbocycles. The monoisotopic (exact) mass is 642 g/mol. The predicted molar refractivity (Wildman–Crippen MR) is 170 cm³/mol. The first-order valence-electron chi connectivity index (χ1n) is 12.2. The fraction of sp³-hybridized carbons (Fsp3) is 0.0968. The second-order valence-electron chi connectivity index (χ2n) is 9.94. The van der Waals surface area contributed by atoms with Crippen molar-refractivity contribution in [3.8, 4) is 5.69 Å². The highest BCUT2D eigenvalue weighted by Crippen LogP contribution is 2.45. The third-order valence-corrected chi connectivity index (χ3v) is 10.3. The zero-order valence-corrected chi connectivity index (χ0v) is 24.6. The van der Waals surface area contributed by atoms with Crippen LogP contribution in [-0.2, 0) is 0 Å². The van der Waals surface area contributed by atoms with E-state index in [1.165, 1.54) is 64.4 Å². The van der Waals surface area contributed by atoms with Crippen LogP contribution in [0.1, 0.15) is 13.3 Å². The first-order valence-corrected chi connectivity index (χ1v) is 15.5. The minimum atomic E-state index is -0.00620. The normalized spacial score (nSPS) is 18.2. The molecule has 0 N–H and O–H groups in total. The van der Waals surface area contributed by atoms with Crippen molar-refractivity contribution in [1.29, 1.82) is 0 Å². The lowest BCUT2D eigenvalue weighted by molar-refractivity contribution is 0.813. The Morgan fingerprint density at radius 1 is 0.784 bits per heavy atom. The number of allylic oxidation sites excluding steroid dienone is 4. The van der Waals surface area contributed by atoms with Gasteiger partial charge in [-0.15, -0.1) is 22.7 Å². The fourth-order valence-corrected chi connectivity index (χ4v) is 7.86. The Hall–Kier alpha value is -2.64. The molecule has 0 saturated heterocycles. The molecular weight excluding hydrogens is 624 g/mol. The maximum Gasteiger partial charge on any atom is 0.0804 e. The van der Waals surface area contributed by atoms with E-state index in [9.17, 15) is 0 Å². The van der Waals surface area contributed by atoms with Gasteiger partial charge in [0.2, 0.25) is 0 Å². The summed E-state index contributed by atoms with van der Waals surface area (Å²) in [7, 11) is 0. The average molecular weight is 644 g/mol. The molecule has 6 heteroatoms. The fourth-order valence-electron chi connectivity index (χ4n) is 5.68. The lowest BCUT2D eigenvalue weighted by Gasteiger charge is -2.22. The molecule has 37 heavy (non-hydrogen) atoms. The van der Waals surface area contributed by atoms with Crippen molar-refractivity contribution in [2.75, 3.05) is 0 Å². The summed E-state index contributed by atoms with van der Waals surface area (Å²) in [6, 6.07) is 22.7. The van der Waals surface area contributed by atoms with Gasteiger partial charge in [0.1, 0.15) is 0 Å².